The Morgan fingerprint density at radius 1 is 1.38 bits per heavy atom. The lowest BCUT2D eigenvalue weighted by atomic mass is 10.0. The van der Waals surface area contributed by atoms with Crippen LogP contribution in [0.2, 0.25) is 0 Å². The summed E-state index contributed by atoms with van der Waals surface area (Å²) in [6, 6.07) is 5.38. The first-order valence-electron chi connectivity index (χ1n) is 7.12. The van der Waals surface area contributed by atoms with Crippen LogP contribution in [0.5, 0.6) is 0 Å². The number of aromatic nitrogens is 2. The molecule has 0 saturated heterocycles. The Hall–Kier alpha value is -2.49. The minimum atomic E-state index is -3.31. The van der Waals surface area contributed by atoms with Crippen LogP contribution in [0.15, 0.2) is 28.8 Å². The summed E-state index contributed by atoms with van der Waals surface area (Å²) >= 11 is 0. The van der Waals surface area contributed by atoms with Crippen molar-refractivity contribution in [3.05, 3.63) is 41.5 Å². The molecule has 1 aliphatic carbocycles. The summed E-state index contributed by atoms with van der Waals surface area (Å²) in [6.45, 7) is 0. The van der Waals surface area contributed by atoms with Crippen molar-refractivity contribution in [2.75, 3.05) is 11.6 Å². The highest BCUT2D eigenvalue weighted by Gasteiger charge is 2.47. The van der Waals surface area contributed by atoms with E-state index < -0.39 is 21.4 Å². The van der Waals surface area contributed by atoms with Crippen molar-refractivity contribution < 1.29 is 22.1 Å². The average molecular weight is 354 g/mol. The monoisotopic (exact) mass is 354 g/mol. The molecule has 1 fully saturated rings. The minimum Gasteiger partial charge on any atom is -0.328 e. The van der Waals surface area contributed by atoms with E-state index in [0.717, 1.165) is 6.26 Å². The summed E-state index contributed by atoms with van der Waals surface area (Å²) < 4.78 is 41.0. The van der Waals surface area contributed by atoms with Crippen LogP contribution in [0.4, 0.5) is 15.2 Å². The highest BCUT2D eigenvalue weighted by Crippen LogP contribution is 2.46. The van der Waals surface area contributed by atoms with E-state index in [4.69, 9.17) is 4.52 Å². The molecule has 3 rings (SSSR count). The second kappa shape index (κ2) is 5.86. The fourth-order valence-electron chi connectivity index (χ4n) is 2.38. The van der Waals surface area contributed by atoms with Crippen molar-refractivity contribution in [3.8, 4) is 0 Å². The molecule has 0 atom stereocenters. The van der Waals surface area contributed by atoms with Crippen LogP contribution in [0, 0.1) is 5.82 Å². The van der Waals surface area contributed by atoms with Gasteiger partial charge in [0.1, 0.15) is 11.6 Å². The van der Waals surface area contributed by atoms with Crippen LogP contribution in [0.3, 0.4) is 0 Å². The van der Waals surface area contributed by atoms with Crippen molar-refractivity contribution in [2.24, 2.45) is 0 Å². The number of hydrogen-bond donors (Lipinski definition) is 2. The maximum absolute atomic E-state index is 13.9. The molecular weight excluding hydrogens is 339 g/mol. The summed E-state index contributed by atoms with van der Waals surface area (Å²) in [4.78, 5) is 15.8. The first kappa shape index (κ1) is 16.4. The van der Waals surface area contributed by atoms with E-state index in [2.05, 4.69) is 20.8 Å². The molecule has 1 aromatic heterocycles. The molecule has 10 heteroatoms. The van der Waals surface area contributed by atoms with E-state index >= 15 is 0 Å². The van der Waals surface area contributed by atoms with Gasteiger partial charge in [0.2, 0.25) is 0 Å². The standard InChI is InChI=1S/C14H15FN4O4S/c1-24(21,22)8-11-16-13(23-19-11)17-12(20)18-14(6-7-14)9-4-2-3-5-10(9)15/h2-5H,6-8H2,1H3,(H2,16,17,18,19,20). The maximum Gasteiger partial charge on any atom is 0.329 e. The summed E-state index contributed by atoms with van der Waals surface area (Å²) in [5, 5.41) is 8.49. The summed E-state index contributed by atoms with van der Waals surface area (Å²) in [5.41, 5.74) is -0.325. The highest BCUT2D eigenvalue weighted by atomic mass is 32.2. The van der Waals surface area contributed by atoms with Gasteiger partial charge in [-0.25, -0.2) is 17.6 Å². The first-order chi connectivity index (χ1) is 11.3. The molecule has 0 aliphatic heterocycles. The fourth-order valence-corrected chi connectivity index (χ4v) is 2.97. The van der Waals surface area contributed by atoms with E-state index in [1.54, 1.807) is 18.2 Å². The van der Waals surface area contributed by atoms with E-state index in [1.165, 1.54) is 6.07 Å². The van der Waals surface area contributed by atoms with Crippen LogP contribution in [-0.2, 0) is 21.1 Å². The molecule has 2 amide bonds. The molecule has 1 aromatic carbocycles. The van der Waals surface area contributed by atoms with Gasteiger partial charge in [-0.2, -0.15) is 4.98 Å². The molecule has 2 N–H and O–H groups in total. The third-order valence-corrected chi connectivity index (χ3v) is 4.35. The van der Waals surface area contributed by atoms with Crippen molar-refractivity contribution in [3.63, 3.8) is 0 Å². The Kier molecular flexibility index (Phi) is 3.99. The third kappa shape index (κ3) is 3.70. The zero-order valence-electron chi connectivity index (χ0n) is 12.7. The van der Waals surface area contributed by atoms with Crippen LogP contribution < -0.4 is 10.6 Å². The Morgan fingerprint density at radius 2 is 2.08 bits per heavy atom. The maximum atomic E-state index is 13.9. The van der Waals surface area contributed by atoms with E-state index in [-0.39, 0.29) is 23.4 Å². The lowest BCUT2D eigenvalue weighted by Crippen LogP contribution is -2.38. The predicted octanol–water partition coefficient (Wildman–Crippen LogP) is 1.56. The number of nitrogens with one attached hydrogen (secondary N) is 2. The Bertz CT molecular complexity index is 876. The Balaban J connectivity index is 1.65. The zero-order chi connectivity index (χ0) is 17.4. The molecule has 1 saturated carbocycles. The van der Waals surface area contributed by atoms with Gasteiger partial charge < -0.3 is 9.84 Å². The smallest absolute Gasteiger partial charge is 0.328 e. The number of amides is 2. The topological polar surface area (TPSA) is 114 Å². The zero-order valence-corrected chi connectivity index (χ0v) is 13.6. The van der Waals surface area contributed by atoms with Gasteiger partial charge in [0.05, 0.1) is 5.54 Å². The molecule has 2 aromatic rings. The number of anilines is 1. The van der Waals surface area contributed by atoms with Gasteiger partial charge in [-0.1, -0.05) is 23.4 Å². The first-order valence-corrected chi connectivity index (χ1v) is 9.18. The second-order valence-corrected chi connectivity index (χ2v) is 7.87. The molecule has 0 spiro atoms. The lowest BCUT2D eigenvalue weighted by molar-refractivity contribution is 0.246. The third-order valence-electron chi connectivity index (χ3n) is 3.57. The number of nitrogens with zero attached hydrogens (tertiary/aromatic N) is 2. The molecule has 0 bridgehead atoms. The van der Waals surface area contributed by atoms with E-state index in [1.807, 2.05) is 0 Å². The molecule has 0 radical (unpaired) electrons. The fraction of sp³-hybridized carbons (Fsp3) is 0.357. The molecular formula is C14H15FN4O4S. The van der Waals surface area contributed by atoms with Crippen molar-refractivity contribution in [1.82, 2.24) is 15.5 Å². The number of carbonyl (C=O) groups excluding carboxylic acids is 1. The van der Waals surface area contributed by atoms with Gasteiger partial charge in [0.15, 0.2) is 15.7 Å². The van der Waals surface area contributed by atoms with Crippen LogP contribution in [0.1, 0.15) is 24.2 Å². The minimum absolute atomic E-state index is 0.0527. The van der Waals surface area contributed by atoms with Crippen LogP contribution in [0.25, 0.3) is 0 Å². The molecule has 1 aliphatic rings. The van der Waals surface area contributed by atoms with Gasteiger partial charge in [0, 0.05) is 11.8 Å². The summed E-state index contributed by atoms with van der Waals surface area (Å²) in [7, 11) is -3.31. The highest BCUT2D eigenvalue weighted by molar-refractivity contribution is 7.89. The molecule has 8 nitrogen and oxygen atoms in total. The normalized spacial score (nSPS) is 15.8. The SMILES string of the molecule is CS(=O)(=O)Cc1noc(NC(=O)NC2(c3ccccc3F)CC2)n1. The summed E-state index contributed by atoms with van der Waals surface area (Å²) in [6.07, 6.45) is 2.27. The van der Waals surface area contributed by atoms with Gasteiger partial charge in [-0.15, -0.1) is 0 Å². The average Bonchev–Trinajstić information content (AvgIpc) is 3.11. The molecule has 0 unspecified atom stereocenters. The van der Waals surface area contributed by atoms with Crippen molar-refractivity contribution in [1.29, 1.82) is 0 Å². The lowest BCUT2D eigenvalue weighted by Gasteiger charge is -2.18. The number of carbonyl (C=O) groups is 1. The van der Waals surface area contributed by atoms with Crippen LogP contribution >= 0.6 is 0 Å². The van der Waals surface area contributed by atoms with Gasteiger partial charge in [-0.05, 0) is 18.9 Å². The van der Waals surface area contributed by atoms with Gasteiger partial charge in [0.25, 0.3) is 0 Å². The number of urea groups is 1. The van der Waals surface area contributed by atoms with Crippen molar-refractivity contribution in [2.45, 2.75) is 24.1 Å². The molecule has 1 heterocycles. The number of hydrogen-bond acceptors (Lipinski definition) is 6. The molecule has 24 heavy (non-hydrogen) atoms. The number of rotatable bonds is 5. The van der Waals surface area contributed by atoms with Gasteiger partial charge in [-0.3, -0.25) is 5.32 Å². The van der Waals surface area contributed by atoms with Crippen LogP contribution in [-0.4, -0.2) is 30.8 Å². The van der Waals surface area contributed by atoms with E-state index in [0.29, 0.717) is 18.4 Å². The summed E-state index contributed by atoms with van der Waals surface area (Å²) in [5.74, 6) is -0.828. The van der Waals surface area contributed by atoms with Gasteiger partial charge >= 0.3 is 12.0 Å². The number of sulfone groups is 1. The van der Waals surface area contributed by atoms with Crippen molar-refractivity contribution >= 4 is 21.9 Å². The molecule has 128 valence electrons. The second-order valence-electron chi connectivity index (χ2n) is 5.73. The van der Waals surface area contributed by atoms with E-state index in [9.17, 15) is 17.6 Å². The number of benzene rings is 1. The number of halogens is 1. The predicted molar refractivity (Wildman–Crippen MR) is 82.3 cm³/mol. The quantitative estimate of drug-likeness (QED) is 0.842. The largest absolute Gasteiger partial charge is 0.329 e. The Morgan fingerprint density at radius 3 is 2.71 bits per heavy atom. The Labute approximate surface area is 137 Å².